The van der Waals surface area contributed by atoms with E-state index < -0.39 is 17.4 Å². The van der Waals surface area contributed by atoms with Crippen LogP contribution in [0.1, 0.15) is 12.8 Å². The van der Waals surface area contributed by atoms with Gasteiger partial charge in [0.2, 0.25) is 0 Å². The number of rotatable bonds is 10. The quantitative estimate of drug-likeness (QED) is 0.562. The van der Waals surface area contributed by atoms with Crippen molar-refractivity contribution in [2.24, 2.45) is 5.41 Å². The Morgan fingerprint density at radius 3 is 1.88 bits per heavy atom. The molecule has 0 aromatic heterocycles. The molecule has 0 unspecified atom stereocenters. The Balaban J connectivity index is 4.79. The Labute approximate surface area is 99.1 Å². The summed E-state index contributed by atoms with van der Waals surface area (Å²) < 4.78 is 9.73. The minimum Gasteiger partial charge on any atom is -0.500 e. The van der Waals surface area contributed by atoms with E-state index in [0.717, 1.165) is 12.5 Å². The molecular weight excluding hydrogens is 228 g/mol. The molecule has 0 rings (SSSR count). The molecule has 17 heavy (non-hydrogen) atoms. The van der Waals surface area contributed by atoms with Gasteiger partial charge in [0.25, 0.3) is 0 Å². The monoisotopic (exact) mass is 244 g/mol. The van der Waals surface area contributed by atoms with E-state index >= 15 is 0 Å². The van der Waals surface area contributed by atoms with Crippen LogP contribution in [-0.2, 0) is 19.1 Å². The van der Waals surface area contributed by atoms with Crippen LogP contribution in [0.3, 0.4) is 0 Å². The van der Waals surface area contributed by atoms with E-state index in [1.165, 1.54) is 0 Å². The molecule has 0 aliphatic carbocycles. The second-order valence-corrected chi connectivity index (χ2v) is 3.43. The van der Waals surface area contributed by atoms with Crippen LogP contribution in [0.25, 0.3) is 0 Å². The van der Waals surface area contributed by atoms with E-state index in [9.17, 15) is 9.59 Å². The molecule has 6 nitrogen and oxygen atoms in total. The van der Waals surface area contributed by atoms with Gasteiger partial charge in [-0.05, 0) is 6.42 Å². The van der Waals surface area contributed by atoms with Gasteiger partial charge in [0, 0.05) is 6.42 Å². The van der Waals surface area contributed by atoms with E-state index in [4.69, 9.17) is 19.7 Å². The molecule has 0 saturated carbocycles. The Bertz CT molecular complexity index is 284. The average Bonchev–Trinajstić information content (AvgIpc) is 2.28. The van der Waals surface area contributed by atoms with Gasteiger partial charge in [0.15, 0.2) is 0 Å². The minimum atomic E-state index is -1.42. The number of hydrogen-bond donors (Lipinski definition) is 2. The predicted octanol–water partition coefficient (Wildman–Crippen LogP) is 1.24. The highest BCUT2D eigenvalue weighted by atomic mass is 16.5. The Morgan fingerprint density at radius 2 is 1.59 bits per heavy atom. The van der Waals surface area contributed by atoms with Crippen molar-refractivity contribution in [2.75, 3.05) is 13.2 Å². The summed E-state index contributed by atoms with van der Waals surface area (Å²) in [5.74, 6) is -2.25. The van der Waals surface area contributed by atoms with Crippen LogP contribution in [0.15, 0.2) is 25.7 Å². The summed E-state index contributed by atoms with van der Waals surface area (Å²) in [6, 6.07) is 0. The molecule has 0 bridgehead atoms. The molecule has 0 aliphatic rings. The standard InChI is InChI=1S/C11H16O6/c1-3-16-7-11(10(14)15,8-17-4-2)6-5-9(12)13/h3-4H,1-2,5-8H2,(H,12,13)(H,14,15). The van der Waals surface area contributed by atoms with Crippen molar-refractivity contribution >= 4 is 11.9 Å². The van der Waals surface area contributed by atoms with E-state index in [1.807, 2.05) is 0 Å². The molecule has 96 valence electrons. The third-order valence-corrected chi connectivity index (χ3v) is 2.23. The zero-order valence-corrected chi connectivity index (χ0v) is 9.42. The summed E-state index contributed by atoms with van der Waals surface area (Å²) in [6.45, 7) is 6.21. The lowest BCUT2D eigenvalue weighted by Gasteiger charge is -2.27. The van der Waals surface area contributed by atoms with Crippen molar-refractivity contribution in [3.8, 4) is 0 Å². The number of aliphatic carboxylic acids is 2. The molecule has 0 fully saturated rings. The van der Waals surface area contributed by atoms with Gasteiger partial charge in [-0.15, -0.1) is 0 Å². The minimum absolute atomic E-state index is 0.0979. The van der Waals surface area contributed by atoms with Crippen molar-refractivity contribution in [3.63, 3.8) is 0 Å². The fourth-order valence-electron chi connectivity index (χ4n) is 1.20. The van der Waals surface area contributed by atoms with Gasteiger partial charge in [0.1, 0.15) is 18.6 Å². The highest BCUT2D eigenvalue weighted by Crippen LogP contribution is 2.26. The van der Waals surface area contributed by atoms with E-state index in [1.54, 1.807) is 0 Å². The summed E-state index contributed by atoms with van der Waals surface area (Å²) in [5, 5.41) is 17.8. The molecule has 0 aliphatic heterocycles. The lowest BCUT2D eigenvalue weighted by molar-refractivity contribution is -0.156. The molecule has 0 aromatic carbocycles. The lowest BCUT2D eigenvalue weighted by atomic mass is 9.85. The van der Waals surface area contributed by atoms with Crippen molar-refractivity contribution in [3.05, 3.63) is 25.7 Å². The van der Waals surface area contributed by atoms with Crippen molar-refractivity contribution in [1.82, 2.24) is 0 Å². The molecule has 2 N–H and O–H groups in total. The molecule has 0 aromatic rings. The van der Waals surface area contributed by atoms with Gasteiger partial charge in [-0.3, -0.25) is 9.59 Å². The van der Waals surface area contributed by atoms with Crippen molar-refractivity contribution in [2.45, 2.75) is 12.8 Å². The molecule has 0 amide bonds. The zero-order valence-electron chi connectivity index (χ0n) is 9.42. The first kappa shape index (κ1) is 15.0. The fraction of sp³-hybridized carbons (Fsp3) is 0.455. The Hall–Kier alpha value is -1.98. The third-order valence-electron chi connectivity index (χ3n) is 2.23. The molecule has 0 spiro atoms. The lowest BCUT2D eigenvalue weighted by Crippen LogP contribution is -2.40. The van der Waals surface area contributed by atoms with Gasteiger partial charge < -0.3 is 19.7 Å². The van der Waals surface area contributed by atoms with E-state index in [-0.39, 0.29) is 26.1 Å². The van der Waals surface area contributed by atoms with Gasteiger partial charge in [-0.1, -0.05) is 13.2 Å². The molecule has 0 heterocycles. The summed E-state index contributed by atoms with van der Waals surface area (Å²) in [4.78, 5) is 21.7. The summed E-state index contributed by atoms with van der Waals surface area (Å²) in [7, 11) is 0. The third kappa shape index (κ3) is 5.05. The number of ether oxygens (including phenoxy) is 2. The second-order valence-electron chi connectivity index (χ2n) is 3.43. The fourth-order valence-corrected chi connectivity index (χ4v) is 1.20. The van der Waals surface area contributed by atoms with Crippen molar-refractivity contribution < 1.29 is 29.3 Å². The molecule has 6 heteroatoms. The van der Waals surface area contributed by atoms with Gasteiger partial charge in [-0.25, -0.2) is 0 Å². The highest BCUT2D eigenvalue weighted by molar-refractivity contribution is 5.76. The van der Waals surface area contributed by atoms with Crippen LogP contribution in [0, 0.1) is 5.41 Å². The summed E-state index contributed by atoms with van der Waals surface area (Å²) in [5.41, 5.74) is -1.42. The maximum Gasteiger partial charge on any atom is 0.316 e. The predicted molar refractivity (Wildman–Crippen MR) is 59.2 cm³/mol. The maximum absolute atomic E-state index is 11.2. The van der Waals surface area contributed by atoms with E-state index in [0.29, 0.717) is 0 Å². The van der Waals surface area contributed by atoms with Gasteiger partial charge in [0.05, 0.1) is 12.5 Å². The van der Waals surface area contributed by atoms with Crippen molar-refractivity contribution in [1.29, 1.82) is 0 Å². The smallest absolute Gasteiger partial charge is 0.316 e. The van der Waals surface area contributed by atoms with Crippen LogP contribution in [-0.4, -0.2) is 35.4 Å². The largest absolute Gasteiger partial charge is 0.500 e. The number of carbonyl (C=O) groups is 2. The Morgan fingerprint density at radius 1 is 1.12 bits per heavy atom. The molecule has 0 radical (unpaired) electrons. The van der Waals surface area contributed by atoms with Crippen LogP contribution in [0.4, 0.5) is 0 Å². The van der Waals surface area contributed by atoms with Crippen LogP contribution in [0.2, 0.25) is 0 Å². The zero-order chi connectivity index (χ0) is 13.3. The topological polar surface area (TPSA) is 93.1 Å². The second kappa shape index (κ2) is 7.32. The normalized spacial score (nSPS) is 10.4. The first-order valence-electron chi connectivity index (χ1n) is 4.88. The molecule has 0 saturated heterocycles. The van der Waals surface area contributed by atoms with Crippen LogP contribution < -0.4 is 0 Å². The molecule has 0 atom stereocenters. The van der Waals surface area contributed by atoms with Crippen LogP contribution in [0.5, 0.6) is 0 Å². The first-order valence-corrected chi connectivity index (χ1v) is 4.88. The first-order chi connectivity index (χ1) is 7.98. The molecular formula is C11H16O6. The highest BCUT2D eigenvalue weighted by Gasteiger charge is 2.40. The number of hydrogen-bond acceptors (Lipinski definition) is 4. The summed E-state index contributed by atoms with van der Waals surface area (Å²) >= 11 is 0. The average molecular weight is 244 g/mol. The summed E-state index contributed by atoms with van der Waals surface area (Å²) in [6.07, 6.45) is 1.82. The van der Waals surface area contributed by atoms with Gasteiger partial charge >= 0.3 is 11.9 Å². The number of carboxylic acids is 2. The number of carboxylic acid groups (broad SMARTS) is 2. The Kier molecular flexibility index (Phi) is 6.47. The SMILES string of the molecule is C=COCC(CCC(=O)O)(COC=C)C(=O)O. The van der Waals surface area contributed by atoms with Crippen LogP contribution >= 0.6 is 0 Å². The van der Waals surface area contributed by atoms with E-state index in [2.05, 4.69) is 13.2 Å². The maximum atomic E-state index is 11.2. The van der Waals surface area contributed by atoms with Gasteiger partial charge in [-0.2, -0.15) is 0 Å².